The Morgan fingerprint density at radius 2 is 1.55 bits per heavy atom. The Bertz CT molecular complexity index is 698. The van der Waals surface area contributed by atoms with Crippen LogP contribution in [-0.2, 0) is 5.54 Å². The average molecular weight is 318 g/mol. The van der Waals surface area contributed by atoms with Gasteiger partial charge in [-0.25, -0.2) is 13.8 Å². The van der Waals surface area contributed by atoms with E-state index in [1.165, 1.54) is 36.0 Å². The summed E-state index contributed by atoms with van der Waals surface area (Å²) in [5, 5.41) is 4.20. The van der Waals surface area contributed by atoms with E-state index < -0.39 is 5.54 Å². The average Bonchev–Trinajstić information content (AvgIpc) is 2.87. The van der Waals surface area contributed by atoms with Crippen molar-refractivity contribution in [2.24, 2.45) is 4.99 Å². The summed E-state index contributed by atoms with van der Waals surface area (Å²) >= 11 is 1.52. The van der Waals surface area contributed by atoms with Crippen LogP contribution in [0.2, 0.25) is 0 Å². The third-order valence-corrected chi connectivity index (χ3v) is 4.58. The Hall–Kier alpha value is -1.88. The molecule has 0 radical (unpaired) electrons. The highest BCUT2D eigenvalue weighted by Crippen LogP contribution is 2.43. The van der Waals surface area contributed by atoms with Crippen LogP contribution in [0.25, 0.3) is 0 Å². The van der Waals surface area contributed by atoms with Crippen LogP contribution in [0.15, 0.2) is 53.5 Å². The molecule has 2 unspecified atom stereocenters. The fourth-order valence-electron chi connectivity index (χ4n) is 2.76. The van der Waals surface area contributed by atoms with Gasteiger partial charge in [-0.15, -0.1) is 0 Å². The zero-order valence-corrected chi connectivity index (χ0v) is 13.1. The Labute approximate surface area is 132 Å². The summed E-state index contributed by atoms with van der Waals surface area (Å²) in [7, 11) is 0. The molecule has 0 aromatic heterocycles. The molecular weight excluding hydrogens is 302 g/mol. The van der Waals surface area contributed by atoms with Crippen molar-refractivity contribution in [2.75, 3.05) is 6.26 Å². The number of benzene rings is 2. The molecule has 3 rings (SSSR count). The van der Waals surface area contributed by atoms with Crippen molar-refractivity contribution in [3.05, 3.63) is 71.3 Å². The predicted octanol–water partition coefficient (Wildman–Crippen LogP) is 4.24. The Morgan fingerprint density at radius 3 is 2.09 bits per heavy atom. The zero-order valence-electron chi connectivity index (χ0n) is 12.3. The lowest BCUT2D eigenvalue weighted by Crippen LogP contribution is -2.32. The van der Waals surface area contributed by atoms with Gasteiger partial charge in [0, 0.05) is 0 Å². The van der Waals surface area contributed by atoms with E-state index >= 15 is 0 Å². The van der Waals surface area contributed by atoms with E-state index in [2.05, 4.69) is 5.32 Å². The van der Waals surface area contributed by atoms with Crippen LogP contribution in [0.5, 0.6) is 0 Å². The van der Waals surface area contributed by atoms with Crippen LogP contribution in [-0.4, -0.2) is 11.4 Å². The number of halogens is 2. The number of thioether (sulfide) groups is 1. The largest absolute Gasteiger partial charge is 0.355 e. The van der Waals surface area contributed by atoms with Crippen LogP contribution in [0.4, 0.5) is 8.78 Å². The molecule has 0 saturated heterocycles. The number of hydrogen-bond donors (Lipinski definition) is 1. The molecule has 1 N–H and O–H groups in total. The minimum atomic E-state index is -0.566. The summed E-state index contributed by atoms with van der Waals surface area (Å²) in [4.78, 5) is 4.77. The predicted molar refractivity (Wildman–Crippen MR) is 87.0 cm³/mol. The summed E-state index contributed by atoms with van der Waals surface area (Å²) in [5.74, 6) is -0.540. The normalized spacial score (nSPS) is 24.0. The lowest BCUT2D eigenvalue weighted by molar-refractivity contribution is 0.404. The van der Waals surface area contributed by atoms with E-state index in [0.717, 1.165) is 16.3 Å². The lowest BCUT2D eigenvalue weighted by atomic mass is 9.82. The molecule has 1 heterocycles. The van der Waals surface area contributed by atoms with E-state index in [-0.39, 0.29) is 17.7 Å². The first kappa shape index (κ1) is 15.0. The van der Waals surface area contributed by atoms with Gasteiger partial charge in [-0.2, -0.15) is 0 Å². The summed E-state index contributed by atoms with van der Waals surface area (Å²) in [5.41, 5.74) is 1.30. The molecule has 2 atom stereocenters. The van der Waals surface area contributed by atoms with Crippen LogP contribution >= 0.6 is 11.8 Å². The fraction of sp³-hybridized carbons (Fsp3) is 0.235. The molecule has 1 aliphatic rings. The number of rotatable bonds is 2. The van der Waals surface area contributed by atoms with Gasteiger partial charge < -0.3 is 5.32 Å². The van der Waals surface area contributed by atoms with Crippen molar-refractivity contribution in [2.45, 2.75) is 18.5 Å². The van der Waals surface area contributed by atoms with Crippen LogP contribution < -0.4 is 5.32 Å². The van der Waals surface area contributed by atoms with Crippen molar-refractivity contribution in [3.8, 4) is 0 Å². The second kappa shape index (κ2) is 5.72. The number of aliphatic imine (C=N–C) groups is 1. The first-order valence-corrected chi connectivity index (χ1v) is 8.17. The van der Waals surface area contributed by atoms with Crippen molar-refractivity contribution in [1.82, 2.24) is 5.32 Å². The minimum absolute atomic E-state index is 0.124. The molecule has 2 aromatic carbocycles. The Kier molecular flexibility index (Phi) is 3.91. The summed E-state index contributed by atoms with van der Waals surface area (Å²) in [6.45, 7) is 2.00. The van der Waals surface area contributed by atoms with Gasteiger partial charge in [0.15, 0.2) is 5.17 Å². The Morgan fingerprint density at radius 1 is 1.00 bits per heavy atom. The van der Waals surface area contributed by atoms with Crippen LogP contribution in [0.1, 0.15) is 24.1 Å². The highest BCUT2D eigenvalue weighted by molar-refractivity contribution is 8.13. The van der Waals surface area contributed by atoms with Crippen molar-refractivity contribution >= 4 is 16.9 Å². The molecule has 114 valence electrons. The van der Waals surface area contributed by atoms with E-state index in [9.17, 15) is 8.78 Å². The van der Waals surface area contributed by atoms with Crippen LogP contribution in [0.3, 0.4) is 0 Å². The van der Waals surface area contributed by atoms with E-state index in [0.29, 0.717) is 0 Å². The number of nitrogens with zero attached hydrogens (tertiary/aromatic N) is 1. The van der Waals surface area contributed by atoms with Crippen molar-refractivity contribution < 1.29 is 8.78 Å². The third-order valence-electron chi connectivity index (χ3n) is 3.99. The topological polar surface area (TPSA) is 24.4 Å². The molecule has 0 amide bonds. The number of nitrogens with one attached hydrogen (secondary N) is 1. The summed E-state index contributed by atoms with van der Waals surface area (Å²) in [6, 6.07) is 12.7. The SMILES string of the molecule is CSC1=NC(C)(c2ccc(F)cc2)C(c2ccc(F)cc2)N1. The van der Waals surface area contributed by atoms with E-state index in [1.807, 2.05) is 13.2 Å². The molecule has 0 bridgehead atoms. The molecule has 2 aromatic rings. The summed E-state index contributed by atoms with van der Waals surface area (Å²) in [6.07, 6.45) is 1.95. The smallest absolute Gasteiger partial charge is 0.157 e. The van der Waals surface area contributed by atoms with Gasteiger partial charge in [0.25, 0.3) is 0 Å². The first-order chi connectivity index (χ1) is 10.5. The van der Waals surface area contributed by atoms with Gasteiger partial charge in [-0.3, -0.25) is 0 Å². The molecule has 22 heavy (non-hydrogen) atoms. The van der Waals surface area contributed by atoms with Crippen LogP contribution in [0, 0.1) is 11.6 Å². The molecule has 2 nitrogen and oxygen atoms in total. The second-order valence-corrected chi connectivity index (χ2v) is 6.20. The van der Waals surface area contributed by atoms with Gasteiger partial charge in [0.1, 0.15) is 17.2 Å². The second-order valence-electron chi connectivity index (χ2n) is 5.40. The van der Waals surface area contributed by atoms with E-state index in [4.69, 9.17) is 4.99 Å². The molecule has 0 spiro atoms. The van der Waals surface area contributed by atoms with Gasteiger partial charge in [0.2, 0.25) is 0 Å². The minimum Gasteiger partial charge on any atom is -0.355 e. The van der Waals surface area contributed by atoms with Gasteiger partial charge in [-0.05, 0) is 48.6 Å². The molecule has 5 heteroatoms. The van der Waals surface area contributed by atoms with Gasteiger partial charge in [0.05, 0.1) is 6.04 Å². The van der Waals surface area contributed by atoms with Gasteiger partial charge >= 0.3 is 0 Å². The quantitative estimate of drug-likeness (QED) is 0.895. The lowest BCUT2D eigenvalue weighted by Gasteiger charge is -2.30. The standard InChI is InChI=1S/C17H16F2N2S/c1-17(12-5-9-14(19)10-6-12)15(20-16(21-17)22-2)11-3-7-13(18)8-4-11/h3-10,15H,1-2H3,(H,20,21). The Balaban J connectivity index is 2.05. The van der Waals surface area contributed by atoms with E-state index in [1.54, 1.807) is 24.3 Å². The fourth-order valence-corrected chi connectivity index (χ4v) is 3.27. The maximum atomic E-state index is 13.2. The maximum absolute atomic E-state index is 13.2. The zero-order chi connectivity index (χ0) is 15.7. The van der Waals surface area contributed by atoms with Crippen molar-refractivity contribution in [1.29, 1.82) is 0 Å². The molecular formula is C17H16F2N2S. The first-order valence-electron chi connectivity index (χ1n) is 6.95. The maximum Gasteiger partial charge on any atom is 0.157 e. The van der Waals surface area contributed by atoms with Crippen molar-refractivity contribution in [3.63, 3.8) is 0 Å². The van der Waals surface area contributed by atoms with Gasteiger partial charge in [-0.1, -0.05) is 36.0 Å². The number of amidine groups is 1. The highest BCUT2D eigenvalue weighted by atomic mass is 32.2. The number of hydrogen-bond acceptors (Lipinski definition) is 3. The molecule has 1 aliphatic heterocycles. The highest BCUT2D eigenvalue weighted by Gasteiger charge is 2.42. The molecule has 0 fully saturated rings. The third kappa shape index (κ3) is 2.61. The monoisotopic (exact) mass is 318 g/mol. The molecule has 0 saturated carbocycles. The molecule has 0 aliphatic carbocycles. The summed E-state index contributed by atoms with van der Waals surface area (Å²) < 4.78 is 26.4.